The van der Waals surface area contributed by atoms with Gasteiger partial charge in [-0.25, -0.2) is 0 Å². The maximum atomic E-state index is 12.7. The largest absolute Gasteiger partial charge is 0.492 e. The van der Waals surface area contributed by atoms with E-state index < -0.39 is 17.9 Å². The topological polar surface area (TPSA) is 76.7 Å². The molecule has 33 heavy (non-hydrogen) atoms. The summed E-state index contributed by atoms with van der Waals surface area (Å²) in [7, 11) is 0. The van der Waals surface area contributed by atoms with Gasteiger partial charge in [-0.05, 0) is 48.9 Å². The van der Waals surface area contributed by atoms with E-state index in [-0.39, 0.29) is 10.6 Å². The molecule has 0 fully saturated rings. The number of carbonyl (C=O) groups excluding carboxylic acids is 2. The van der Waals surface area contributed by atoms with Crippen LogP contribution < -0.4 is 20.3 Å². The third kappa shape index (κ3) is 7.39. The number of hydrogen-bond donors (Lipinski definition) is 2. The van der Waals surface area contributed by atoms with E-state index in [1.165, 1.54) is 13.0 Å². The van der Waals surface area contributed by atoms with E-state index in [9.17, 15) is 9.59 Å². The molecule has 0 saturated heterocycles. The van der Waals surface area contributed by atoms with Crippen LogP contribution in [0.2, 0.25) is 10.0 Å². The van der Waals surface area contributed by atoms with Crippen LogP contribution in [0.25, 0.3) is 0 Å². The van der Waals surface area contributed by atoms with Crippen LogP contribution >= 0.6 is 39.1 Å². The van der Waals surface area contributed by atoms with Gasteiger partial charge in [-0.15, -0.1) is 0 Å². The molecule has 0 radical (unpaired) electrons. The molecule has 0 aliphatic rings. The van der Waals surface area contributed by atoms with Crippen molar-refractivity contribution < 1.29 is 19.1 Å². The first-order chi connectivity index (χ1) is 15.8. The minimum Gasteiger partial charge on any atom is -0.492 e. The highest BCUT2D eigenvalue weighted by atomic mass is 79.9. The molecule has 0 aliphatic heterocycles. The molecule has 6 nitrogen and oxygen atoms in total. The highest BCUT2D eigenvalue weighted by Gasteiger charge is 2.19. The summed E-state index contributed by atoms with van der Waals surface area (Å²) in [6.07, 6.45) is -0.232. The molecule has 0 aromatic heterocycles. The first-order valence-electron chi connectivity index (χ1n) is 10.0. The first kappa shape index (κ1) is 24.9. The lowest BCUT2D eigenvalue weighted by atomic mass is 10.1. The molecule has 0 saturated carbocycles. The number of hydrogen-bond acceptors (Lipinski definition) is 4. The summed E-state index contributed by atoms with van der Waals surface area (Å²) < 4.78 is 12.1. The standard InChI is InChI=1S/C24H21BrCl2N2O4/c1-15(33-22-10-8-18(26)14-20(22)27)23(30)28-29-24(31)19-13-17(25)7-9-21(19)32-12-11-16-5-3-2-4-6-16/h2-10,13-15H,11-12H2,1H3,(H,28,30)(H,29,31). The zero-order valence-corrected chi connectivity index (χ0v) is 20.7. The lowest BCUT2D eigenvalue weighted by molar-refractivity contribution is -0.128. The lowest BCUT2D eigenvalue weighted by Gasteiger charge is -2.17. The van der Waals surface area contributed by atoms with E-state index in [1.54, 1.807) is 30.3 Å². The summed E-state index contributed by atoms with van der Waals surface area (Å²) in [5.41, 5.74) is 6.15. The van der Waals surface area contributed by atoms with Gasteiger partial charge in [0, 0.05) is 15.9 Å². The quantitative estimate of drug-likeness (QED) is 0.357. The van der Waals surface area contributed by atoms with Crippen molar-refractivity contribution in [1.82, 2.24) is 10.9 Å². The van der Waals surface area contributed by atoms with E-state index in [0.717, 1.165) is 5.56 Å². The summed E-state index contributed by atoms with van der Waals surface area (Å²) in [4.78, 5) is 25.1. The molecule has 0 bridgehead atoms. The van der Waals surface area contributed by atoms with Crippen LogP contribution in [0.5, 0.6) is 11.5 Å². The van der Waals surface area contributed by atoms with Crippen LogP contribution in [-0.4, -0.2) is 24.5 Å². The van der Waals surface area contributed by atoms with Crippen molar-refractivity contribution in [1.29, 1.82) is 0 Å². The van der Waals surface area contributed by atoms with Crippen LogP contribution in [0.3, 0.4) is 0 Å². The number of halogens is 3. The second kappa shape index (κ2) is 11.9. The second-order valence-electron chi connectivity index (χ2n) is 7.00. The number of amides is 2. The Morgan fingerprint density at radius 2 is 1.70 bits per heavy atom. The zero-order valence-electron chi connectivity index (χ0n) is 17.6. The van der Waals surface area contributed by atoms with Gasteiger partial charge < -0.3 is 9.47 Å². The predicted molar refractivity (Wildman–Crippen MR) is 132 cm³/mol. The molecule has 9 heteroatoms. The van der Waals surface area contributed by atoms with Crippen molar-refractivity contribution in [3.8, 4) is 11.5 Å². The van der Waals surface area contributed by atoms with Crippen molar-refractivity contribution in [2.24, 2.45) is 0 Å². The second-order valence-corrected chi connectivity index (χ2v) is 8.76. The van der Waals surface area contributed by atoms with E-state index >= 15 is 0 Å². The van der Waals surface area contributed by atoms with Gasteiger partial charge in [-0.3, -0.25) is 20.4 Å². The molecule has 2 amide bonds. The summed E-state index contributed by atoms with van der Waals surface area (Å²) in [6.45, 7) is 1.93. The van der Waals surface area contributed by atoms with E-state index in [1.807, 2.05) is 30.3 Å². The van der Waals surface area contributed by atoms with E-state index in [0.29, 0.717) is 34.0 Å². The number of benzene rings is 3. The minimum absolute atomic E-state index is 0.270. The molecular formula is C24H21BrCl2N2O4. The van der Waals surface area contributed by atoms with E-state index in [2.05, 4.69) is 26.8 Å². The summed E-state index contributed by atoms with van der Waals surface area (Å²) in [5.74, 6) is -0.388. The van der Waals surface area contributed by atoms with Gasteiger partial charge in [0.1, 0.15) is 11.5 Å². The molecule has 0 aliphatic carbocycles. The smallest absolute Gasteiger partial charge is 0.279 e. The molecule has 2 N–H and O–H groups in total. The molecule has 1 atom stereocenters. The fraction of sp³-hybridized carbons (Fsp3) is 0.167. The Morgan fingerprint density at radius 1 is 0.970 bits per heavy atom. The normalized spacial score (nSPS) is 11.4. The number of rotatable bonds is 8. The fourth-order valence-electron chi connectivity index (χ4n) is 2.83. The van der Waals surface area contributed by atoms with Gasteiger partial charge in [-0.2, -0.15) is 0 Å². The minimum atomic E-state index is -0.923. The van der Waals surface area contributed by atoms with Gasteiger partial charge in [0.25, 0.3) is 11.8 Å². The first-order valence-corrected chi connectivity index (χ1v) is 11.6. The third-order valence-electron chi connectivity index (χ3n) is 4.54. The monoisotopic (exact) mass is 550 g/mol. The van der Waals surface area contributed by atoms with Gasteiger partial charge in [0.2, 0.25) is 0 Å². The summed E-state index contributed by atoms with van der Waals surface area (Å²) in [6, 6.07) is 19.7. The van der Waals surface area contributed by atoms with Crippen molar-refractivity contribution >= 4 is 50.9 Å². The van der Waals surface area contributed by atoms with Crippen molar-refractivity contribution in [3.05, 3.63) is 92.4 Å². The van der Waals surface area contributed by atoms with Crippen molar-refractivity contribution in [3.63, 3.8) is 0 Å². The molecule has 1 unspecified atom stereocenters. The predicted octanol–water partition coefficient (Wildman–Crippen LogP) is 5.61. The van der Waals surface area contributed by atoms with Crippen molar-refractivity contribution in [2.45, 2.75) is 19.4 Å². The Hall–Kier alpha value is -2.74. The molecular weight excluding hydrogens is 531 g/mol. The Morgan fingerprint density at radius 3 is 2.42 bits per heavy atom. The Bertz CT molecular complexity index is 1130. The molecule has 0 heterocycles. The molecule has 3 aromatic carbocycles. The number of carbonyl (C=O) groups is 2. The van der Waals surface area contributed by atoms with Gasteiger partial charge in [0.05, 0.1) is 17.2 Å². The summed E-state index contributed by atoms with van der Waals surface area (Å²) in [5, 5.41) is 0.727. The van der Waals surface area contributed by atoms with Gasteiger partial charge in [0.15, 0.2) is 6.10 Å². The Balaban J connectivity index is 1.57. The van der Waals surface area contributed by atoms with Crippen LogP contribution in [-0.2, 0) is 11.2 Å². The van der Waals surface area contributed by atoms with Crippen molar-refractivity contribution in [2.75, 3.05) is 6.61 Å². The van der Waals surface area contributed by atoms with Gasteiger partial charge >= 0.3 is 0 Å². The Labute approximate surface area is 210 Å². The zero-order chi connectivity index (χ0) is 23.8. The molecule has 172 valence electrons. The average molecular weight is 552 g/mol. The highest BCUT2D eigenvalue weighted by molar-refractivity contribution is 9.10. The average Bonchev–Trinajstić information content (AvgIpc) is 2.80. The number of nitrogens with one attached hydrogen (secondary N) is 2. The lowest BCUT2D eigenvalue weighted by Crippen LogP contribution is -2.47. The molecule has 0 spiro atoms. The number of hydrazine groups is 1. The molecule has 3 rings (SSSR count). The third-order valence-corrected chi connectivity index (χ3v) is 5.57. The molecule has 3 aromatic rings. The fourth-order valence-corrected chi connectivity index (χ4v) is 3.65. The van der Waals surface area contributed by atoms with Crippen LogP contribution in [0, 0.1) is 0 Å². The number of ether oxygens (including phenoxy) is 2. The maximum Gasteiger partial charge on any atom is 0.279 e. The van der Waals surface area contributed by atoms with Gasteiger partial charge in [-0.1, -0.05) is 69.5 Å². The van der Waals surface area contributed by atoms with Crippen LogP contribution in [0.4, 0.5) is 0 Å². The van der Waals surface area contributed by atoms with Crippen LogP contribution in [0.1, 0.15) is 22.8 Å². The highest BCUT2D eigenvalue weighted by Crippen LogP contribution is 2.28. The van der Waals surface area contributed by atoms with Crippen LogP contribution in [0.15, 0.2) is 71.2 Å². The maximum absolute atomic E-state index is 12.7. The summed E-state index contributed by atoms with van der Waals surface area (Å²) >= 11 is 15.3. The Kier molecular flexibility index (Phi) is 9.00. The van der Waals surface area contributed by atoms with E-state index in [4.69, 9.17) is 32.7 Å². The SMILES string of the molecule is CC(Oc1ccc(Cl)cc1Cl)C(=O)NNC(=O)c1cc(Br)ccc1OCCc1ccccc1.